The van der Waals surface area contributed by atoms with Crippen LogP contribution < -0.4 is 15.2 Å². The van der Waals surface area contributed by atoms with Gasteiger partial charge in [-0.25, -0.2) is 9.97 Å². The number of nitrogens with zero attached hydrogens (tertiary/aromatic N) is 4. The van der Waals surface area contributed by atoms with E-state index in [0.29, 0.717) is 51.4 Å². The van der Waals surface area contributed by atoms with Crippen LogP contribution in [0.4, 0.5) is 5.82 Å². The SMILES string of the molecule is CCc1nc(SCc2nc(-c3ccc4c(c3)OCO4)no2)nc(N)c1-c1ccc(Cl)cc1. The Kier molecular flexibility index (Phi) is 5.59. The molecule has 2 aromatic carbocycles. The maximum Gasteiger partial charge on any atom is 0.237 e. The summed E-state index contributed by atoms with van der Waals surface area (Å²) in [6.07, 6.45) is 0.715. The normalized spacial score (nSPS) is 12.3. The zero-order valence-corrected chi connectivity index (χ0v) is 18.6. The molecule has 162 valence electrons. The summed E-state index contributed by atoms with van der Waals surface area (Å²) in [5.74, 6) is 3.15. The Balaban J connectivity index is 1.33. The molecular formula is C22H18ClN5O3S. The summed E-state index contributed by atoms with van der Waals surface area (Å²) >= 11 is 7.39. The first-order valence-corrected chi connectivity index (χ1v) is 11.2. The number of hydrogen-bond acceptors (Lipinski definition) is 9. The molecule has 10 heteroatoms. The molecule has 1 aliphatic rings. The lowest BCUT2D eigenvalue weighted by atomic mass is 10.0. The first-order valence-electron chi connectivity index (χ1n) is 9.88. The monoisotopic (exact) mass is 467 g/mol. The molecule has 0 aliphatic carbocycles. The van der Waals surface area contributed by atoms with E-state index in [9.17, 15) is 0 Å². The van der Waals surface area contributed by atoms with Gasteiger partial charge in [0.2, 0.25) is 18.5 Å². The molecule has 0 fully saturated rings. The average Bonchev–Trinajstić information content (AvgIpc) is 3.47. The Morgan fingerprint density at radius 3 is 2.59 bits per heavy atom. The minimum atomic E-state index is 0.215. The predicted octanol–water partition coefficient (Wildman–Crippen LogP) is 5.01. The summed E-state index contributed by atoms with van der Waals surface area (Å²) < 4.78 is 16.1. The summed E-state index contributed by atoms with van der Waals surface area (Å²) in [7, 11) is 0. The van der Waals surface area contributed by atoms with Crippen LogP contribution in [-0.4, -0.2) is 26.9 Å². The van der Waals surface area contributed by atoms with Crippen LogP contribution in [0.5, 0.6) is 11.5 Å². The number of thioether (sulfide) groups is 1. The van der Waals surface area contributed by atoms with Gasteiger partial charge in [0.05, 0.1) is 11.4 Å². The number of aryl methyl sites for hydroxylation is 1. The van der Waals surface area contributed by atoms with Gasteiger partial charge < -0.3 is 19.7 Å². The van der Waals surface area contributed by atoms with E-state index in [2.05, 4.69) is 20.1 Å². The Bertz CT molecular complexity index is 1280. The summed E-state index contributed by atoms with van der Waals surface area (Å²) in [4.78, 5) is 13.6. The van der Waals surface area contributed by atoms with Gasteiger partial charge in [-0.1, -0.05) is 47.6 Å². The zero-order valence-electron chi connectivity index (χ0n) is 17.0. The standard InChI is InChI=1S/C22H18ClN5O3S/c1-2-15-19(12-3-6-14(23)7-4-12)20(24)27-22(25-15)32-10-18-26-21(28-31-18)13-5-8-16-17(9-13)30-11-29-16/h3-9H,2,10-11H2,1H3,(H2,24,25,27). The van der Waals surface area contributed by atoms with Crippen LogP contribution >= 0.6 is 23.4 Å². The highest BCUT2D eigenvalue weighted by Gasteiger charge is 2.18. The number of nitrogens with two attached hydrogens (primary N) is 1. The fraction of sp³-hybridized carbons (Fsp3) is 0.182. The van der Waals surface area contributed by atoms with Crippen LogP contribution in [0, 0.1) is 0 Å². The Morgan fingerprint density at radius 1 is 1.00 bits per heavy atom. The number of halogens is 1. The first-order chi connectivity index (χ1) is 15.6. The molecule has 0 saturated carbocycles. The van der Waals surface area contributed by atoms with Crippen molar-refractivity contribution in [3.63, 3.8) is 0 Å². The van der Waals surface area contributed by atoms with Crippen LogP contribution in [0.3, 0.4) is 0 Å². The second kappa shape index (κ2) is 8.68. The number of hydrogen-bond donors (Lipinski definition) is 1. The average molecular weight is 468 g/mol. The number of nitrogen functional groups attached to an aromatic ring is 1. The van der Waals surface area contributed by atoms with Crippen molar-refractivity contribution >= 4 is 29.2 Å². The molecule has 8 nitrogen and oxygen atoms in total. The second-order valence-corrected chi connectivity index (χ2v) is 8.32. The number of benzene rings is 2. The molecule has 2 aromatic heterocycles. The maximum absolute atomic E-state index is 6.29. The third-order valence-electron chi connectivity index (χ3n) is 4.88. The van der Waals surface area contributed by atoms with Gasteiger partial charge in [-0.05, 0) is 42.3 Å². The van der Waals surface area contributed by atoms with Gasteiger partial charge in [0.1, 0.15) is 5.82 Å². The molecule has 0 unspecified atom stereocenters. The number of ether oxygens (including phenoxy) is 2. The smallest absolute Gasteiger partial charge is 0.237 e. The molecule has 32 heavy (non-hydrogen) atoms. The van der Waals surface area contributed by atoms with Crippen LogP contribution in [0.1, 0.15) is 18.5 Å². The van der Waals surface area contributed by atoms with Crippen LogP contribution in [-0.2, 0) is 12.2 Å². The number of anilines is 1. The fourth-order valence-corrected chi connectivity index (χ4v) is 4.18. The lowest BCUT2D eigenvalue weighted by Crippen LogP contribution is -2.04. The molecule has 4 aromatic rings. The van der Waals surface area contributed by atoms with Crippen molar-refractivity contribution in [1.82, 2.24) is 20.1 Å². The molecule has 1 aliphatic heterocycles. The summed E-state index contributed by atoms with van der Waals surface area (Å²) in [6, 6.07) is 13.0. The van der Waals surface area contributed by atoms with Crippen LogP contribution in [0.2, 0.25) is 5.02 Å². The van der Waals surface area contributed by atoms with Crippen molar-refractivity contribution in [2.24, 2.45) is 0 Å². The molecule has 2 N–H and O–H groups in total. The molecule has 0 spiro atoms. The Hall–Kier alpha value is -3.30. The van der Waals surface area contributed by atoms with Crippen molar-refractivity contribution in [1.29, 1.82) is 0 Å². The fourth-order valence-electron chi connectivity index (χ4n) is 3.35. The van der Waals surface area contributed by atoms with Crippen molar-refractivity contribution in [2.75, 3.05) is 12.5 Å². The molecule has 0 amide bonds. The van der Waals surface area contributed by atoms with Crippen molar-refractivity contribution in [3.8, 4) is 34.0 Å². The van der Waals surface area contributed by atoms with Crippen LogP contribution in [0.25, 0.3) is 22.5 Å². The third kappa shape index (κ3) is 4.09. The van der Waals surface area contributed by atoms with E-state index in [0.717, 1.165) is 22.4 Å². The highest BCUT2D eigenvalue weighted by atomic mass is 35.5. The van der Waals surface area contributed by atoms with Crippen LogP contribution in [0.15, 0.2) is 52.1 Å². The minimum Gasteiger partial charge on any atom is -0.454 e. The number of fused-ring (bicyclic) bond motifs is 1. The van der Waals surface area contributed by atoms with E-state index in [4.69, 9.17) is 31.3 Å². The van der Waals surface area contributed by atoms with E-state index in [1.807, 2.05) is 49.4 Å². The van der Waals surface area contributed by atoms with E-state index >= 15 is 0 Å². The van der Waals surface area contributed by atoms with E-state index in [1.165, 1.54) is 11.8 Å². The van der Waals surface area contributed by atoms with E-state index in [1.54, 1.807) is 0 Å². The first kappa shape index (κ1) is 20.6. The minimum absolute atomic E-state index is 0.215. The van der Waals surface area contributed by atoms with E-state index < -0.39 is 0 Å². The van der Waals surface area contributed by atoms with Gasteiger partial charge in [0.15, 0.2) is 16.7 Å². The zero-order chi connectivity index (χ0) is 22.1. The Labute approximate surface area is 193 Å². The molecule has 0 saturated heterocycles. The summed E-state index contributed by atoms with van der Waals surface area (Å²) in [5, 5.41) is 5.28. The lowest BCUT2D eigenvalue weighted by molar-refractivity contribution is 0.174. The highest BCUT2D eigenvalue weighted by Crippen LogP contribution is 2.35. The molecule has 3 heterocycles. The van der Waals surface area contributed by atoms with Gasteiger partial charge in [0, 0.05) is 16.1 Å². The summed E-state index contributed by atoms with van der Waals surface area (Å²) in [5.41, 5.74) is 9.71. The van der Waals surface area contributed by atoms with Gasteiger partial charge in [-0.15, -0.1) is 0 Å². The van der Waals surface area contributed by atoms with Gasteiger partial charge in [0.25, 0.3) is 0 Å². The molecule has 0 atom stereocenters. The lowest BCUT2D eigenvalue weighted by Gasteiger charge is -2.12. The highest BCUT2D eigenvalue weighted by molar-refractivity contribution is 7.98. The van der Waals surface area contributed by atoms with E-state index in [-0.39, 0.29) is 6.79 Å². The number of aromatic nitrogens is 4. The van der Waals surface area contributed by atoms with Crippen molar-refractivity contribution < 1.29 is 14.0 Å². The molecular weight excluding hydrogens is 450 g/mol. The molecule has 0 radical (unpaired) electrons. The van der Waals surface area contributed by atoms with Crippen molar-refractivity contribution in [3.05, 3.63) is 59.1 Å². The van der Waals surface area contributed by atoms with Crippen molar-refractivity contribution in [2.45, 2.75) is 24.3 Å². The largest absolute Gasteiger partial charge is 0.454 e. The van der Waals surface area contributed by atoms with Gasteiger partial charge >= 0.3 is 0 Å². The Morgan fingerprint density at radius 2 is 1.78 bits per heavy atom. The van der Waals surface area contributed by atoms with Gasteiger partial charge in [-0.2, -0.15) is 4.98 Å². The molecule has 5 rings (SSSR count). The third-order valence-corrected chi connectivity index (χ3v) is 5.97. The molecule has 0 bridgehead atoms. The van der Waals surface area contributed by atoms with Gasteiger partial charge in [-0.3, -0.25) is 0 Å². The quantitative estimate of drug-likeness (QED) is 0.309. The predicted molar refractivity (Wildman–Crippen MR) is 122 cm³/mol. The summed E-state index contributed by atoms with van der Waals surface area (Å²) in [6.45, 7) is 2.25. The topological polar surface area (TPSA) is 109 Å². The second-order valence-electron chi connectivity index (χ2n) is 6.94. The number of rotatable bonds is 6. The maximum atomic E-state index is 6.29.